The van der Waals surface area contributed by atoms with Crippen LogP contribution < -0.4 is 9.47 Å². The Balaban J connectivity index is 1.50. The molecule has 1 unspecified atom stereocenters. The van der Waals surface area contributed by atoms with Crippen molar-refractivity contribution in [2.75, 3.05) is 20.8 Å². The number of aromatic amines is 1. The summed E-state index contributed by atoms with van der Waals surface area (Å²) in [5, 5.41) is 1.15. The predicted octanol–water partition coefficient (Wildman–Crippen LogP) is 4.97. The molecule has 5 heteroatoms. The molecule has 31 heavy (non-hydrogen) atoms. The number of carbonyl (C=O) groups is 1. The van der Waals surface area contributed by atoms with Crippen molar-refractivity contribution in [2.24, 2.45) is 0 Å². The van der Waals surface area contributed by atoms with Gasteiger partial charge in [0.05, 0.1) is 20.3 Å². The highest BCUT2D eigenvalue weighted by Crippen LogP contribution is 2.41. The van der Waals surface area contributed by atoms with Crippen molar-refractivity contribution < 1.29 is 14.3 Å². The molecule has 1 aromatic heterocycles. The lowest BCUT2D eigenvalue weighted by molar-refractivity contribution is 0.0752. The zero-order chi connectivity index (χ0) is 21.4. The first-order valence-corrected chi connectivity index (χ1v) is 10.4. The first-order chi connectivity index (χ1) is 15.2. The van der Waals surface area contributed by atoms with E-state index in [9.17, 15) is 4.79 Å². The van der Waals surface area contributed by atoms with Gasteiger partial charge in [0.15, 0.2) is 11.5 Å². The Morgan fingerprint density at radius 1 is 0.903 bits per heavy atom. The van der Waals surface area contributed by atoms with E-state index < -0.39 is 0 Å². The summed E-state index contributed by atoms with van der Waals surface area (Å²) in [4.78, 5) is 18.7. The number of rotatable bonds is 6. The number of benzene rings is 3. The molecule has 2 heterocycles. The number of nitrogens with one attached hydrogen (secondary N) is 1. The van der Waals surface area contributed by atoms with E-state index in [4.69, 9.17) is 9.47 Å². The van der Waals surface area contributed by atoms with Gasteiger partial charge < -0.3 is 19.4 Å². The fourth-order valence-electron chi connectivity index (χ4n) is 4.54. The number of hydrogen-bond donors (Lipinski definition) is 1. The lowest BCUT2D eigenvalue weighted by Crippen LogP contribution is -2.30. The Labute approximate surface area is 181 Å². The van der Waals surface area contributed by atoms with E-state index in [-0.39, 0.29) is 11.9 Å². The van der Waals surface area contributed by atoms with Gasteiger partial charge in [0.25, 0.3) is 5.91 Å². The highest BCUT2D eigenvalue weighted by Gasteiger charge is 2.38. The van der Waals surface area contributed by atoms with Crippen LogP contribution in [0.15, 0.2) is 72.9 Å². The monoisotopic (exact) mass is 412 g/mol. The van der Waals surface area contributed by atoms with Crippen LogP contribution >= 0.6 is 0 Å². The molecule has 1 amide bonds. The van der Waals surface area contributed by atoms with Crippen molar-refractivity contribution >= 4 is 16.8 Å². The smallest absolute Gasteiger partial charge is 0.255 e. The first-order valence-electron chi connectivity index (χ1n) is 10.4. The molecule has 5 rings (SSSR count). The maximum atomic E-state index is 13.4. The Kier molecular flexibility index (Phi) is 4.86. The van der Waals surface area contributed by atoms with E-state index in [0.29, 0.717) is 18.0 Å². The summed E-state index contributed by atoms with van der Waals surface area (Å²) < 4.78 is 10.8. The van der Waals surface area contributed by atoms with Crippen molar-refractivity contribution in [3.8, 4) is 11.5 Å². The van der Waals surface area contributed by atoms with Gasteiger partial charge in [0.2, 0.25) is 0 Å². The van der Waals surface area contributed by atoms with E-state index >= 15 is 0 Å². The second-order valence-corrected chi connectivity index (χ2v) is 7.72. The molecule has 1 atom stereocenters. The van der Waals surface area contributed by atoms with Crippen LogP contribution in [0.5, 0.6) is 11.5 Å². The maximum absolute atomic E-state index is 13.4. The molecule has 156 valence electrons. The van der Waals surface area contributed by atoms with Gasteiger partial charge >= 0.3 is 0 Å². The van der Waals surface area contributed by atoms with Crippen LogP contribution in [0, 0.1) is 0 Å². The standard InChI is InChI=1S/C26H24N2O3/c1-30-23-12-11-17(15-24(23)31-2)13-14-28-25(19-8-3-4-9-20(19)26(28)29)21-16-27-22-10-6-5-7-18(21)22/h3-12,15-16,25,27H,13-14H2,1-2H3. The third kappa shape index (κ3) is 3.22. The molecule has 4 aromatic rings. The van der Waals surface area contributed by atoms with Crippen LogP contribution in [0.25, 0.3) is 10.9 Å². The molecule has 0 radical (unpaired) electrons. The van der Waals surface area contributed by atoms with E-state index in [1.165, 1.54) is 0 Å². The van der Waals surface area contributed by atoms with Crippen LogP contribution in [-0.4, -0.2) is 36.6 Å². The van der Waals surface area contributed by atoms with E-state index in [1.54, 1.807) is 14.2 Å². The van der Waals surface area contributed by atoms with Gasteiger partial charge in [0, 0.05) is 34.8 Å². The van der Waals surface area contributed by atoms with Crippen LogP contribution in [0.2, 0.25) is 0 Å². The number of para-hydroxylation sites is 1. The summed E-state index contributed by atoms with van der Waals surface area (Å²) in [6, 6.07) is 22.0. The van der Waals surface area contributed by atoms with Gasteiger partial charge in [-0.3, -0.25) is 4.79 Å². The molecular weight excluding hydrogens is 388 g/mol. The lowest BCUT2D eigenvalue weighted by atomic mass is 9.97. The number of nitrogens with zero attached hydrogens (tertiary/aromatic N) is 1. The van der Waals surface area contributed by atoms with Gasteiger partial charge in [-0.25, -0.2) is 0 Å². The van der Waals surface area contributed by atoms with Crippen LogP contribution in [0.4, 0.5) is 0 Å². The molecule has 0 bridgehead atoms. The molecule has 1 aliphatic heterocycles. The zero-order valence-corrected chi connectivity index (χ0v) is 17.6. The van der Waals surface area contributed by atoms with Crippen molar-refractivity contribution in [2.45, 2.75) is 12.5 Å². The SMILES string of the molecule is COc1ccc(CCN2C(=O)c3ccccc3C2c2c[nH]c3ccccc23)cc1OC. The van der Waals surface area contributed by atoms with Crippen LogP contribution in [0.1, 0.15) is 33.1 Å². The number of hydrogen-bond acceptors (Lipinski definition) is 3. The highest BCUT2D eigenvalue weighted by atomic mass is 16.5. The quantitative estimate of drug-likeness (QED) is 0.486. The van der Waals surface area contributed by atoms with Gasteiger partial charge in [0.1, 0.15) is 0 Å². The fraction of sp³-hybridized carbons (Fsp3) is 0.192. The van der Waals surface area contributed by atoms with Crippen LogP contribution in [-0.2, 0) is 6.42 Å². The minimum Gasteiger partial charge on any atom is -0.493 e. The second-order valence-electron chi connectivity index (χ2n) is 7.72. The molecule has 3 aromatic carbocycles. The summed E-state index contributed by atoms with van der Waals surface area (Å²) >= 11 is 0. The summed E-state index contributed by atoms with van der Waals surface area (Å²) in [5.41, 5.74) is 5.14. The average molecular weight is 412 g/mol. The van der Waals surface area contributed by atoms with Gasteiger partial charge in [-0.2, -0.15) is 0 Å². The molecular formula is C26H24N2O3. The summed E-state index contributed by atoms with van der Waals surface area (Å²) in [6.07, 6.45) is 2.76. The van der Waals surface area contributed by atoms with E-state index in [0.717, 1.165) is 39.6 Å². The van der Waals surface area contributed by atoms with Crippen molar-refractivity contribution in [3.05, 3.63) is 95.2 Å². The van der Waals surface area contributed by atoms with Gasteiger partial charge in [-0.1, -0.05) is 42.5 Å². The van der Waals surface area contributed by atoms with Gasteiger partial charge in [-0.15, -0.1) is 0 Å². The minimum atomic E-state index is -0.111. The molecule has 0 spiro atoms. The lowest BCUT2D eigenvalue weighted by Gasteiger charge is -2.25. The number of amides is 1. The number of aromatic nitrogens is 1. The summed E-state index contributed by atoms with van der Waals surface area (Å²) in [7, 11) is 3.26. The molecule has 1 aliphatic rings. The largest absolute Gasteiger partial charge is 0.493 e. The van der Waals surface area contributed by atoms with Gasteiger partial charge in [-0.05, 0) is 41.8 Å². The number of carbonyl (C=O) groups excluding carboxylic acids is 1. The van der Waals surface area contributed by atoms with Crippen molar-refractivity contribution in [1.29, 1.82) is 0 Å². The molecule has 0 aliphatic carbocycles. The summed E-state index contributed by atoms with van der Waals surface area (Å²) in [5.74, 6) is 1.48. The normalized spacial score (nSPS) is 15.4. The van der Waals surface area contributed by atoms with E-state index in [1.807, 2.05) is 59.6 Å². The Morgan fingerprint density at radius 3 is 2.52 bits per heavy atom. The molecule has 0 saturated heterocycles. The summed E-state index contributed by atoms with van der Waals surface area (Å²) in [6.45, 7) is 0.604. The maximum Gasteiger partial charge on any atom is 0.255 e. The third-order valence-electron chi connectivity index (χ3n) is 6.06. The topological polar surface area (TPSA) is 54.6 Å². The Morgan fingerprint density at radius 2 is 1.68 bits per heavy atom. The highest BCUT2D eigenvalue weighted by molar-refractivity contribution is 6.00. The molecule has 5 nitrogen and oxygen atoms in total. The predicted molar refractivity (Wildman–Crippen MR) is 121 cm³/mol. The average Bonchev–Trinajstić information content (AvgIpc) is 3.36. The Hall–Kier alpha value is -3.73. The number of fused-ring (bicyclic) bond motifs is 2. The second kappa shape index (κ2) is 7.84. The van der Waals surface area contributed by atoms with E-state index in [2.05, 4.69) is 23.2 Å². The number of H-pyrrole nitrogens is 1. The molecule has 0 saturated carbocycles. The number of ether oxygens (including phenoxy) is 2. The Bertz CT molecular complexity index is 1260. The number of methoxy groups -OCH3 is 2. The zero-order valence-electron chi connectivity index (χ0n) is 17.6. The van der Waals surface area contributed by atoms with Crippen LogP contribution in [0.3, 0.4) is 0 Å². The third-order valence-corrected chi connectivity index (χ3v) is 6.06. The fourth-order valence-corrected chi connectivity index (χ4v) is 4.54. The minimum absolute atomic E-state index is 0.0753. The van der Waals surface area contributed by atoms with Crippen molar-refractivity contribution in [3.63, 3.8) is 0 Å². The molecule has 1 N–H and O–H groups in total. The molecule has 0 fully saturated rings. The first kappa shape index (κ1) is 19.2. The van der Waals surface area contributed by atoms with Crippen molar-refractivity contribution in [1.82, 2.24) is 9.88 Å².